The number of rotatable bonds is 7. The van der Waals surface area contributed by atoms with Crippen molar-refractivity contribution in [2.45, 2.75) is 19.9 Å². The fourth-order valence-electron chi connectivity index (χ4n) is 2.35. The van der Waals surface area contributed by atoms with Crippen LogP contribution in [0.3, 0.4) is 0 Å². The second-order valence-electron chi connectivity index (χ2n) is 5.82. The van der Waals surface area contributed by atoms with Gasteiger partial charge < -0.3 is 14.4 Å². The number of benzene rings is 2. The molecule has 0 bridgehead atoms. The summed E-state index contributed by atoms with van der Waals surface area (Å²) in [6, 6.07) is 14.3. The maximum absolute atomic E-state index is 12.4. The molecule has 2 aromatic rings. The third-order valence-corrected chi connectivity index (χ3v) is 4.20. The minimum absolute atomic E-state index is 0.00400. The summed E-state index contributed by atoms with van der Waals surface area (Å²) in [4.78, 5) is 25.2. The van der Waals surface area contributed by atoms with Crippen LogP contribution in [0.4, 0.5) is 0 Å². The molecule has 0 aliphatic heterocycles. The smallest absolute Gasteiger partial charge is 0.260 e. The fourth-order valence-corrected chi connectivity index (χ4v) is 2.35. The number of hydrogen-bond donors (Lipinski definition) is 0. The van der Waals surface area contributed by atoms with Crippen LogP contribution in [-0.2, 0) is 4.79 Å². The lowest BCUT2D eigenvalue weighted by Crippen LogP contribution is -2.33. The highest BCUT2D eigenvalue weighted by atomic mass is 16.5. The first-order valence-electron chi connectivity index (χ1n) is 8.05. The van der Waals surface area contributed by atoms with E-state index < -0.39 is 0 Å². The van der Waals surface area contributed by atoms with Gasteiger partial charge in [0.2, 0.25) is 0 Å². The summed E-state index contributed by atoms with van der Waals surface area (Å²) in [7, 11) is 3.37. The number of nitrogens with zero attached hydrogens (tertiary/aromatic N) is 1. The average Bonchev–Trinajstić information content (AvgIpc) is 2.65. The van der Waals surface area contributed by atoms with E-state index >= 15 is 0 Å². The third-order valence-electron chi connectivity index (χ3n) is 4.20. The van der Waals surface area contributed by atoms with Gasteiger partial charge >= 0.3 is 0 Å². The summed E-state index contributed by atoms with van der Waals surface area (Å²) in [6.07, 6.45) is 0. The number of ether oxygens (including phenoxy) is 2. The third kappa shape index (κ3) is 4.83. The van der Waals surface area contributed by atoms with Crippen molar-refractivity contribution in [2.75, 3.05) is 20.8 Å². The van der Waals surface area contributed by atoms with E-state index in [0.29, 0.717) is 11.3 Å². The highest BCUT2D eigenvalue weighted by Gasteiger charge is 2.18. The Bertz CT molecular complexity index is 722. The van der Waals surface area contributed by atoms with E-state index in [2.05, 4.69) is 0 Å². The minimum Gasteiger partial charge on any atom is -0.497 e. The molecule has 1 atom stereocenters. The van der Waals surface area contributed by atoms with Gasteiger partial charge in [0.05, 0.1) is 13.2 Å². The molecular formula is C20H23NO4. The van der Waals surface area contributed by atoms with Crippen LogP contribution >= 0.6 is 0 Å². The molecule has 0 aliphatic carbocycles. The van der Waals surface area contributed by atoms with Crippen LogP contribution in [0, 0.1) is 0 Å². The molecule has 0 fully saturated rings. The predicted octanol–water partition coefficient (Wildman–Crippen LogP) is 3.50. The molecule has 0 N–H and O–H groups in total. The Hall–Kier alpha value is -2.82. The minimum atomic E-state index is -0.126. The average molecular weight is 341 g/mol. The van der Waals surface area contributed by atoms with Crippen molar-refractivity contribution in [2.24, 2.45) is 0 Å². The lowest BCUT2D eigenvalue weighted by atomic mass is 10.1. The quantitative estimate of drug-likeness (QED) is 0.723. The highest BCUT2D eigenvalue weighted by molar-refractivity contribution is 5.94. The molecule has 132 valence electrons. The molecule has 0 aromatic heterocycles. The van der Waals surface area contributed by atoms with Gasteiger partial charge in [-0.3, -0.25) is 9.59 Å². The molecule has 0 heterocycles. The first-order valence-corrected chi connectivity index (χ1v) is 8.05. The molecule has 25 heavy (non-hydrogen) atoms. The van der Waals surface area contributed by atoms with E-state index in [1.165, 1.54) is 6.92 Å². The van der Waals surface area contributed by atoms with Gasteiger partial charge in [0.15, 0.2) is 12.4 Å². The van der Waals surface area contributed by atoms with Crippen LogP contribution in [0.2, 0.25) is 0 Å². The molecule has 2 rings (SSSR count). The molecule has 0 saturated heterocycles. The standard InChI is InChI=1S/C20H23NO4/c1-14(16-5-9-18(24-4)10-6-16)21(3)20(23)13-25-19-11-7-17(8-12-19)15(2)22/h5-12,14H,13H2,1-4H3. The zero-order valence-electron chi connectivity index (χ0n) is 15.0. The van der Waals surface area contributed by atoms with Gasteiger partial charge in [0, 0.05) is 12.6 Å². The summed E-state index contributed by atoms with van der Waals surface area (Å²) in [5, 5.41) is 0. The van der Waals surface area contributed by atoms with Crippen LogP contribution in [0.25, 0.3) is 0 Å². The van der Waals surface area contributed by atoms with E-state index in [9.17, 15) is 9.59 Å². The predicted molar refractivity (Wildman–Crippen MR) is 96.1 cm³/mol. The van der Waals surface area contributed by atoms with Crippen LogP contribution in [-0.4, -0.2) is 37.4 Å². The number of carbonyl (C=O) groups excluding carboxylic acids is 2. The number of amides is 1. The van der Waals surface area contributed by atoms with Crippen LogP contribution in [0.15, 0.2) is 48.5 Å². The van der Waals surface area contributed by atoms with Gasteiger partial charge in [0.25, 0.3) is 5.91 Å². The number of carbonyl (C=O) groups is 2. The van der Waals surface area contributed by atoms with Gasteiger partial charge in [0.1, 0.15) is 11.5 Å². The largest absolute Gasteiger partial charge is 0.497 e. The number of ketones is 1. The Kier molecular flexibility index (Phi) is 6.17. The Labute approximate surface area is 148 Å². The van der Waals surface area contributed by atoms with E-state index in [4.69, 9.17) is 9.47 Å². The van der Waals surface area contributed by atoms with E-state index in [0.717, 1.165) is 11.3 Å². The number of methoxy groups -OCH3 is 1. The van der Waals surface area contributed by atoms with Crippen molar-refractivity contribution in [3.8, 4) is 11.5 Å². The molecule has 5 nitrogen and oxygen atoms in total. The molecule has 5 heteroatoms. The molecule has 0 spiro atoms. The van der Waals surface area contributed by atoms with Gasteiger partial charge in [-0.15, -0.1) is 0 Å². The molecule has 1 amide bonds. The van der Waals surface area contributed by atoms with Gasteiger partial charge in [-0.2, -0.15) is 0 Å². The number of Topliss-reactive ketones (excluding diaryl/α,β-unsaturated/α-hetero) is 1. The van der Waals surface area contributed by atoms with Crippen LogP contribution in [0.5, 0.6) is 11.5 Å². The van der Waals surface area contributed by atoms with E-state index in [1.807, 2.05) is 31.2 Å². The number of likely N-dealkylation sites (N-methyl/N-ethyl adjacent to an activating group) is 1. The van der Waals surface area contributed by atoms with Crippen LogP contribution < -0.4 is 9.47 Å². The molecule has 0 radical (unpaired) electrons. The zero-order chi connectivity index (χ0) is 18.4. The molecule has 0 saturated carbocycles. The van der Waals surface area contributed by atoms with Crippen molar-refractivity contribution in [1.29, 1.82) is 0 Å². The van der Waals surface area contributed by atoms with Gasteiger partial charge in [-0.05, 0) is 55.8 Å². The maximum atomic E-state index is 12.4. The second-order valence-corrected chi connectivity index (χ2v) is 5.82. The summed E-state index contributed by atoms with van der Waals surface area (Å²) in [6.45, 7) is 3.41. The molecule has 2 aromatic carbocycles. The number of hydrogen-bond acceptors (Lipinski definition) is 4. The monoisotopic (exact) mass is 341 g/mol. The Morgan fingerprint density at radius 2 is 1.56 bits per heavy atom. The molecule has 1 unspecified atom stereocenters. The Morgan fingerprint density at radius 3 is 2.08 bits per heavy atom. The van der Waals surface area contributed by atoms with E-state index in [-0.39, 0.29) is 24.3 Å². The fraction of sp³-hybridized carbons (Fsp3) is 0.300. The highest BCUT2D eigenvalue weighted by Crippen LogP contribution is 2.22. The van der Waals surface area contributed by atoms with Crippen molar-refractivity contribution < 1.29 is 19.1 Å². The van der Waals surface area contributed by atoms with Gasteiger partial charge in [-0.25, -0.2) is 0 Å². The lowest BCUT2D eigenvalue weighted by molar-refractivity contribution is -0.134. The maximum Gasteiger partial charge on any atom is 0.260 e. The topological polar surface area (TPSA) is 55.8 Å². The van der Waals surface area contributed by atoms with E-state index in [1.54, 1.807) is 43.3 Å². The lowest BCUT2D eigenvalue weighted by Gasteiger charge is -2.25. The van der Waals surface area contributed by atoms with Crippen molar-refractivity contribution >= 4 is 11.7 Å². The molecular weight excluding hydrogens is 318 g/mol. The first-order chi connectivity index (χ1) is 11.9. The zero-order valence-corrected chi connectivity index (χ0v) is 15.0. The van der Waals surface area contributed by atoms with Crippen LogP contribution in [0.1, 0.15) is 35.8 Å². The molecule has 0 aliphatic rings. The van der Waals surface area contributed by atoms with Gasteiger partial charge in [-0.1, -0.05) is 12.1 Å². The van der Waals surface area contributed by atoms with Crippen molar-refractivity contribution in [3.05, 3.63) is 59.7 Å². The Morgan fingerprint density at radius 1 is 1.00 bits per heavy atom. The Balaban J connectivity index is 1.93. The van der Waals surface area contributed by atoms with Crippen molar-refractivity contribution in [1.82, 2.24) is 4.90 Å². The normalized spacial score (nSPS) is 11.5. The summed E-state index contributed by atoms with van der Waals surface area (Å²) < 4.78 is 10.7. The first kappa shape index (κ1) is 18.5. The summed E-state index contributed by atoms with van der Waals surface area (Å²) >= 11 is 0. The van der Waals surface area contributed by atoms with Crippen molar-refractivity contribution in [3.63, 3.8) is 0 Å². The summed E-state index contributed by atoms with van der Waals surface area (Å²) in [5.41, 5.74) is 1.63. The summed E-state index contributed by atoms with van der Waals surface area (Å²) in [5.74, 6) is 1.21. The second kappa shape index (κ2) is 8.33. The SMILES string of the molecule is COc1ccc(C(C)N(C)C(=O)COc2ccc(C(C)=O)cc2)cc1.